The topological polar surface area (TPSA) is 22.0 Å². The molecule has 0 amide bonds. The van der Waals surface area contributed by atoms with Gasteiger partial charge in [-0.3, -0.25) is 4.79 Å². The number of para-hydroxylation sites is 1. The van der Waals surface area contributed by atoms with Crippen LogP contribution in [0.4, 0.5) is 0 Å². The molecule has 0 bridgehead atoms. The van der Waals surface area contributed by atoms with Gasteiger partial charge in [-0.25, -0.2) is 0 Å². The van der Waals surface area contributed by atoms with Crippen LogP contribution < -0.4 is 5.43 Å². The molecule has 1 aliphatic heterocycles. The van der Waals surface area contributed by atoms with E-state index in [-0.39, 0.29) is 5.43 Å². The highest BCUT2D eigenvalue weighted by atomic mass is 35.5. The predicted octanol–water partition coefficient (Wildman–Crippen LogP) is 3.30. The molecule has 1 heterocycles. The highest BCUT2D eigenvalue weighted by molar-refractivity contribution is 6.31. The van der Waals surface area contributed by atoms with E-state index in [4.69, 9.17) is 11.6 Å². The van der Waals surface area contributed by atoms with Gasteiger partial charge in [0.15, 0.2) is 5.43 Å². The molecule has 1 aliphatic carbocycles. The van der Waals surface area contributed by atoms with E-state index in [1.165, 1.54) is 6.07 Å². The summed E-state index contributed by atoms with van der Waals surface area (Å²) >= 11 is 5.93. The summed E-state index contributed by atoms with van der Waals surface area (Å²) in [5, 5.41) is 1.54. The minimum Gasteiger partial charge on any atom is -0.343 e. The predicted molar refractivity (Wildman–Crippen MR) is 70.8 cm³/mol. The number of aryl methyl sites for hydroxylation is 1. The van der Waals surface area contributed by atoms with Gasteiger partial charge in [0.2, 0.25) is 0 Å². The van der Waals surface area contributed by atoms with E-state index in [0.717, 1.165) is 16.6 Å². The largest absolute Gasteiger partial charge is 0.343 e. The second-order valence-electron chi connectivity index (χ2n) is 4.10. The maximum atomic E-state index is 11.9. The van der Waals surface area contributed by atoms with Crippen molar-refractivity contribution in [3.8, 4) is 11.3 Å². The Kier molecular flexibility index (Phi) is 2.20. The van der Waals surface area contributed by atoms with Crippen LogP contribution in [0.15, 0.2) is 47.3 Å². The molecule has 0 saturated carbocycles. The van der Waals surface area contributed by atoms with Crippen LogP contribution in [0.5, 0.6) is 0 Å². The number of hydrogen-bond acceptors (Lipinski definition) is 1. The van der Waals surface area contributed by atoms with Crippen molar-refractivity contribution in [3.63, 3.8) is 0 Å². The van der Waals surface area contributed by atoms with Crippen LogP contribution in [0, 0.1) is 0 Å². The quantitative estimate of drug-likeness (QED) is 0.556. The Labute approximate surface area is 103 Å². The molecule has 0 spiro atoms. The molecule has 0 unspecified atom stereocenters. The number of hydrogen-bond donors (Lipinski definition) is 0. The Bertz CT molecular complexity index is 745. The molecule has 1 aromatic rings. The highest BCUT2D eigenvalue weighted by Gasteiger charge is 2.12. The first-order chi connectivity index (χ1) is 8.16. The molecule has 0 fully saturated rings. The average Bonchev–Trinajstić information content (AvgIpc) is 2.31. The fourth-order valence-electron chi connectivity index (χ4n) is 2.20. The van der Waals surface area contributed by atoms with Gasteiger partial charge < -0.3 is 4.57 Å². The Morgan fingerprint density at radius 3 is 2.71 bits per heavy atom. The van der Waals surface area contributed by atoms with Crippen molar-refractivity contribution in [2.45, 2.75) is 0 Å². The Morgan fingerprint density at radius 2 is 1.88 bits per heavy atom. The number of pyridine rings is 1. The molecule has 0 atom stereocenters. The Morgan fingerprint density at radius 1 is 1.12 bits per heavy atom. The van der Waals surface area contributed by atoms with E-state index in [1.807, 2.05) is 48.0 Å². The summed E-state index contributed by atoms with van der Waals surface area (Å²) in [5.74, 6) is 0. The third kappa shape index (κ3) is 1.53. The van der Waals surface area contributed by atoms with Crippen LogP contribution in [0.2, 0.25) is 5.02 Å². The SMILES string of the molecule is Cn1c2cc(Cl)cc(=O)c-2cc2ccccc21. The zero-order valence-corrected chi connectivity index (χ0v) is 10.0. The number of fused-ring (bicyclic) bond motifs is 2. The van der Waals surface area contributed by atoms with Crippen LogP contribution in [-0.2, 0) is 7.05 Å². The van der Waals surface area contributed by atoms with E-state index in [2.05, 4.69) is 0 Å². The van der Waals surface area contributed by atoms with Crippen molar-refractivity contribution in [1.29, 1.82) is 0 Å². The molecule has 84 valence electrons. The minimum atomic E-state index is -0.0335. The maximum Gasteiger partial charge on any atom is 0.189 e. The van der Waals surface area contributed by atoms with Gasteiger partial charge in [0.1, 0.15) is 0 Å². The standard InChI is InChI=1S/C14H10ClNO/c1-16-12-5-3-2-4-9(12)6-11-13(16)7-10(15)8-14(11)17/h2-8H,1H3. The van der Waals surface area contributed by atoms with Crippen LogP contribution in [0.25, 0.3) is 22.2 Å². The van der Waals surface area contributed by atoms with Crippen LogP contribution >= 0.6 is 11.6 Å². The summed E-state index contributed by atoms with van der Waals surface area (Å²) < 4.78 is 2.00. The van der Waals surface area contributed by atoms with Crippen LogP contribution in [0.3, 0.4) is 0 Å². The highest BCUT2D eigenvalue weighted by Crippen LogP contribution is 2.26. The van der Waals surface area contributed by atoms with E-state index >= 15 is 0 Å². The molecule has 1 aromatic carbocycles. The second-order valence-corrected chi connectivity index (χ2v) is 4.54. The lowest BCUT2D eigenvalue weighted by atomic mass is 10.0. The average molecular weight is 244 g/mol. The molecule has 0 N–H and O–H groups in total. The van der Waals surface area contributed by atoms with E-state index in [9.17, 15) is 4.79 Å². The zero-order valence-electron chi connectivity index (χ0n) is 9.27. The van der Waals surface area contributed by atoms with Crippen molar-refractivity contribution in [3.05, 3.63) is 57.7 Å². The van der Waals surface area contributed by atoms with E-state index in [1.54, 1.807) is 0 Å². The van der Waals surface area contributed by atoms with Gasteiger partial charge in [0.25, 0.3) is 0 Å². The summed E-state index contributed by atoms with van der Waals surface area (Å²) in [6.07, 6.45) is 0. The number of aromatic nitrogens is 1. The number of nitrogens with zero attached hydrogens (tertiary/aromatic N) is 1. The first-order valence-electron chi connectivity index (χ1n) is 5.35. The summed E-state index contributed by atoms with van der Waals surface area (Å²) in [6.45, 7) is 0. The smallest absolute Gasteiger partial charge is 0.189 e. The van der Waals surface area contributed by atoms with Crippen LogP contribution in [0.1, 0.15) is 0 Å². The van der Waals surface area contributed by atoms with Gasteiger partial charge in [-0.15, -0.1) is 0 Å². The Hall–Kier alpha value is -1.80. The lowest BCUT2D eigenvalue weighted by Crippen LogP contribution is -2.10. The van der Waals surface area contributed by atoms with Crippen molar-refractivity contribution >= 4 is 22.5 Å². The molecule has 3 heteroatoms. The van der Waals surface area contributed by atoms with E-state index in [0.29, 0.717) is 10.6 Å². The fourth-order valence-corrected chi connectivity index (χ4v) is 2.40. The van der Waals surface area contributed by atoms with Crippen LogP contribution in [-0.4, -0.2) is 4.57 Å². The van der Waals surface area contributed by atoms with Gasteiger partial charge in [-0.2, -0.15) is 0 Å². The molecule has 3 rings (SSSR count). The number of benzene rings is 2. The molecule has 0 radical (unpaired) electrons. The molecular weight excluding hydrogens is 234 g/mol. The van der Waals surface area contributed by atoms with Gasteiger partial charge in [0.05, 0.1) is 5.69 Å². The number of halogens is 1. The van der Waals surface area contributed by atoms with Gasteiger partial charge in [0, 0.05) is 29.2 Å². The summed E-state index contributed by atoms with van der Waals surface area (Å²) in [6, 6.07) is 13.2. The first-order valence-corrected chi connectivity index (χ1v) is 5.72. The fraction of sp³-hybridized carbons (Fsp3) is 0.0714. The lowest BCUT2D eigenvalue weighted by molar-refractivity contribution is 0.960. The molecule has 0 saturated heterocycles. The van der Waals surface area contributed by atoms with Crippen molar-refractivity contribution in [1.82, 2.24) is 4.57 Å². The summed E-state index contributed by atoms with van der Waals surface area (Å²) in [5.41, 5.74) is 2.62. The van der Waals surface area contributed by atoms with E-state index < -0.39 is 0 Å². The summed E-state index contributed by atoms with van der Waals surface area (Å²) in [4.78, 5) is 11.9. The first kappa shape index (κ1) is 10.4. The normalized spacial score (nSPS) is 11.2. The Balaban J connectivity index is 2.60. The third-order valence-electron chi connectivity index (χ3n) is 3.04. The molecule has 2 aliphatic rings. The molecular formula is C14H10ClNO. The second kappa shape index (κ2) is 3.60. The molecule has 0 aromatic heterocycles. The van der Waals surface area contributed by atoms with Crippen molar-refractivity contribution < 1.29 is 0 Å². The maximum absolute atomic E-state index is 11.9. The van der Waals surface area contributed by atoms with Crippen molar-refractivity contribution in [2.75, 3.05) is 0 Å². The van der Waals surface area contributed by atoms with Crippen molar-refractivity contribution in [2.24, 2.45) is 7.05 Å². The van der Waals surface area contributed by atoms with Gasteiger partial charge in [-0.05, 0) is 23.6 Å². The monoisotopic (exact) mass is 243 g/mol. The van der Waals surface area contributed by atoms with Gasteiger partial charge >= 0.3 is 0 Å². The lowest BCUT2D eigenvalue weighted by Gasteiger charge is -2.14. The zero-order chi connectivity index (χ0) is 12.0. The van der Waals surface area contributed by atoms with Gasteiger partial charge in [-0.1, -0.05) is 29.8 Å². The molecule has 17 heavy (non-hydrogen) atoms. The summed E-state index contributed by atoms with van der Waals surface area (Å²) in [7, 11) is 1.94. The minimum absolute atomic E-state index is 0.0335. The molecule has 2 nitrogen and oxygen atoms in total. The third-order valence-corrected chi connectivity index (χ3v) is 3.26. The number of rotatable bonds is 0.